The number of esters is 3. The number of allylic oxidation sites excluding steroid dienone is 22. The Bertz CT molecular complexity index is 2410. The summed E-state index contributed by atoms with van der Waals surface area (Å²) in [6, 6.07) is 0. The average Bonchev–Trinajstić information content (AvgIpc) is 0.936. The fourth-order valence-corrected chi connectivity index (χ4v) is 12.3. The summed E-state index contributed by atoms with van der Waals surface area (Å²) in [5.41, 5.74) is 0. The Morgan fingerprint density at radius 3 is 0.816 bits per heavy atom. The third-order valence-corrected chi connectivity index (χ3v) is 18.7. The number of hydrogen-bond donors (Lipinski definition) is 4. The molecule has 592 valence electrons. The standard InChI is InChI=1S/C85H146O16P2/c1-4-7-10-13-16-19-22-25-28-31-33-34-35-36-37-38-39-40-41-42-43-44-46-49-50-53-56-59-62-65-68-71-83(88)95-74-80(86)75-97-102(91,92)98-76-81(87)77-99-103(93,94)100-79-82(101-85(90)73-70-67-64-61-58-55-52-47-30-27-24-21-18-15-12-9-6-3)78-96-84(89)72-69-66-63-60-57-54-51-48-45-32-29-26-23-20-17-14-11-8-5-2/h9,12,16-21,25-30,33-34,36-37,45,48,52,55,80-82,86-87H,4-8,10-11,13-15,22-24,31-32,35,38-44,46-47,49-51,53-54,56-79H2,1-3H3,(H,91,92)(H,93,94)/b12-9-,19-16-,20-17-,21-18-,28-25-,29-26-,30-27-,34-33-,37-36-,48-45-,55-52-. The van der Waals surface area contributed by atoms with Crippen LogP contribution in [0.1, 0.15) is 329 Å². The van der Waals surface area contributed by atoms with Gasteiger partial charge in [0, 0.05) is 19.3 Å². The van der Waals surface area contributed by atoms with Crippen LogP contribution in [0.5, 0.6) is 0 Å². The van der Waals surface area contributed by atoms with Gasteiger partial charge in [0.1, 0.15) is 25.4 Å². The second-order valence-electron chi connectivity index (χ2n) is 26.8. The van der Waals surface area contributed by atoms with E-state index < -0.39 is 91.5 Å². The van der Waals surface area contributed by atoms with Crippen LogP contribution >= 0.6 is 15.6 Å². The number of phosphoric ester groups is 2. The lowest BCUT2D eigenvalue weighted by Crippen LogP contribution is -2.30. The van der Waals surface area contributed by atoms with E-state index >= 15 is 0 Å². The summed E-state index contributed by atoms with van der Waals surface area (Å²) < 4.78 is 61.1. The van der Waals surface area contributed by atoms with Gasteiger partial charge >= 0.3 is 33.6 Å². The van der Waals surface area contributed by atoms with Crippen molar-refractivity contribution in [3.05, 3.63) is 134 Å². The lowest BCUT2D eigenvalue weighted by Gasteiger charge is -2.21. The lowest BCUT2D eigenvalue weighted by molar-refractivity contribution is -0.161. The smallest absolute Gasteiger partial charge is 0.463 e. The maximum Gasteiger partial charge on any atom is 0.472 e. The van der Waals surface area contributed by atoms with Gasteiger partial charge in [0.25, 0.3) is 0 Å². The second-order valence-corrected chi connectivity index (χ2v) is 29.7. The van der Waals surface area contributed by atoms with Crippen molar-refractivity contribution in [1.82, 2.24) is 0 Å². The number of rotatable bonds is 76. The SMILES string of the molecule is CC/C=C\C/C=C\C/C=C\C/C=C\CCCCCCC(=O)OC(COC(=O)CCCCCCCC/C=C\C/C=C\C/C=C\CCCCC)COP(=O)(O)OCC(O)COP(=O)(O)OCC(O)COC(=O)CCCCCCCCCCCCCCCCC/C=C\C/C=C\C/C=C\C/C=C\CCCCC. The molecule has 0 amide bonds. The molecule has 18 heteroatoms. The summed E-state index contributed by atoms with van der Waals surface area (Å²) >= 11 is 0. The molecule has 0 rings (SSSR count). The number of hydrogen-bond acceptors (Lipinski definition) is 14. The first kappa shape index (κ1) is 98.7. The number of ether oxygens (including phenoxy) is 3. The summed E-state index contributed by atoms with van der Waals surface area (Å²) in [4.78, 5) is 58.7. The Morgan fingerprint density at radius 2 is 0.515 bits per heavy atom. The maximum absolute atomic E-state index is 13.0. The molecule has 0 fully saturated rings. The minimum absolute atomic E-state index is 0.0706. The van der Waals surface area contributed by atoms with Gasteiger partial charge in [0.2, 0.25) is 0 Å². The van der Waals surface area contributed by atoms with Crippen LogP contribution in [-0.2, 0) is 55.8 Å². The van der Waals surface area contributed by atoms with Crippen molar-refractivity contribution in [3.63, 3.8) is 0 Å². The van der Waals surface area contributed by atoms with E-state index in [9.17, 15) is 43.5 Å². The average molecular weight is 1490 g/mol. The number of carbonyl (C=O) groups excluding carboxylic acids is 3. The van der Waals surface area contributed by atoms with Crippen LogP contribution in [0, 0.1) is 0 Å². The Morgan fingerprint density at radius 1 is 0.282 bits per heavy atom. The normalized spacial score (nSPS) is 14.7. The number of unbranched alkanes of at least 4 members (excludes halogenated alkanes) is 31. The molecule has 0 aromatic carbocycles. The molecule has 0 radical (unpaired) electrons. The van der Waals surface area contributed by atoms with Crippen LogP contribution in [0.2, 0.25) is 0 Å². The predicted molar refractivity (Wildman–Crippen MR) is 426 cm³/mol. The molecule has 0 aliphatic carbocycles. The summed E-state index contributed by atoms with van der Waals surface area (Å²) in [5.74, 6) is -1.62. The van der Waals surface area contributed by atoms with E-state index in [4.69, 9.17) is 32.3 Å². The zero-order valence-electron chi connectivity index (χ0n) is 64.7. The minimum atomic E-state index is -4.94. The molecule has 0 heterocycles. The molecule has 0 aromatic rings. The van der Waals surface area contributed by atoms with Gasteiger partial charge in [0.15, 0.2) is 6.10 Å². The summed E-state index contributed by atoms with van der Waals surface area (Å²) in [5, 5.41) is 20.7. The molecule has 0 saturated carbocycles. The van der Waals surface area contributed by atoms with Crippen LogP contribution in [-0.4, -0.2) is 95.9 Å². The van der Waals surface area contributed by atoms with E-state index in [-0.39, 0.29) is 19.3 Å². The Balaban J connectivity index is 4.53. The molecule has 0 aliphatic heterocycles. The number of aliphatic hydroxyl groups is 2. The number of carbonyl (C=O) groups is 3. The third kappa shape index (κ3) is 78.6. The van der Waals surface area contributed by atoms with E-state index in [1.165, 1.54) is 122 Å². The van der Waals surface area contributed by atoms with Gasteiger partial charge in [-0.2, -0.15) is 0 Å². The van der Waals surface area contributed by atoms with Crippen LogP contribution in [0.4, 0.5) is 0 Å². The molecule has 4 N–H and O–H groups in total. The highest BCUT2D eigenvalue weighted by Crippen LogP contribution is 2.45. The fraction of sp³-hybridized carbons (Fsp3) is 0.706. The van der Waals surface area contributed by atoms with Crippen LogP contribution in [0.25, 0.3) is 0 Å². The minimum Gasteiger partial charge on any atom is -0.463 e. The first-order valence-electron chi connectivity index (χ1n) is 40.5. The first-order chi connectivity index (χ1) is 50.2. The third-order valence-electron chi connectivity index (χ3n) is 16.8. The van der Waals surface area contributed by atoms with E-state index in [1.807, 2.05) is 0 Å². The predicted octanol–water partition coefficient (Wildman–Crippen LogP) is 23.9. The topological polar surface area (TPSA) is 231 Å². The fourth-order valence-electron chi connectivity index (χ4n) is 10.7. The molecule has 103 heavy (non-hydrogen) atoms. The Kier molecular flexibility index (Phi) is 74.1. The van der Waals surface area contributed by atoms with E-state index in [0.29, 0.717) is 19.3 Å². The maximum atomic E-state index is 13.0. The molecule has 0 saturated heterocycles. The highest BCUT2D eigenvalue weighted by molar-refractivity contribution is 7.47. The Hall–Kier alpha value is -4.31. The van der Waals surface area contributed by atoms with Crippen molar-refractivity contribution in [2.75, 3.05) is 39.6 Å². The second kappa shape index (κ2) is 77.3. The van der Waals surface area contributed by atoms with Crippen LogP contribution in [0.3, 0.4) is 0 Å². The van der Waals surface area contributed by atoms with Gasteiger partial charge in [-0.3, -0.25) is 32.5 Å². The van der Waals surface area contributed by atoms with Gasteiger partial charge in [-0.1, -0.05) is 302 Å². The molecule has 0 aliphatic rings. The molecular weight excluding hydrogens is 1340 g/mol. The van der Waals surface area contributed by atoms with Gasteiger partial charge < -0.3 is 34.2 Å². The Labute approximate surface area is 626 Å². The van der Waals surface area contributed by atoms with Crippen LogP contribution in [0.15, 0.2) is 134 Å². The van der Waals surface area contributed by atoms with E-state index in [0.717, 1.165) is 148 Å². The van der Waals surface area contributed by atoms with Gasteiger partial charge in [-0.05, 0) is 141 Å². The summed E-state index contributed by atoms with van der Waals surface area (Å²) in [6.07, 6.45) is 93.6. The monoisotopic (exact) mass is 1490 g/mol. The van der Waals surface area contributed by atoms with Crippen LogP contribution < -0.4 is 0 Å². The molecule has 0 bridgehead atoms. The number of phosphoric acid groups is 2. The van der Waals surface area contributed by atoms with Crippen molar-refractivity contribution in [1.29, 1.82) is 0 Å². The quantitative estimate of drug-likeness (QED) is 0.0146. The first-order valence-corrected chi connectivity index (χ1v) is 43.5. The van der Waals surface area contributed by atoms with Gasteiger partial charge in [-0.15, -0.1) is 0 Å². The molecule has 16 nitrogen and oxygen atoms in total. The molecular formula is C85H146O16P2. The van der Waals surface area contributed by atoms with Crippen molar-refractivity contribution >= 4 is 33.6 Å². The largest absolute Gasteiger partial charge is 0.472 e. The highest BCUT2D eigenvalue weighted by atomic mass is 31.2. The lowest BCUT2D eigenvalue weighted by atomic mass is 10.0. The van der Waals surface area contributed by atoms with Crippen molar-refractivity contribution in [2.24, 2.45) is 0 Å². The molecule has 5 unspecified atom stereocenters. The van der Waals surface area contributed by atoms with E-state index in [1.54, 1.807) is 0 Å². The van der Waals surface area contributed by atoms with Gasteiger partial charge in [0.05, 0.1) is 26.4 Å². The summed E-state index contributed by atoms with van der Waals surface area (Å²) in [6.45, 7) is 2.48. The zero-order chi connectivity index (χ0) is 75.2. The zero-order valence-corrected chi connectivity index (χ0v) is 66.5. The molecule has 0 aromatic heterocycles. The van der Waals surface area contributed by atoms with Crippen molar-refractivity contribution in [3.8, 4) is 0 Å². The van der Waals surface area contributed by atoms with E-state index in [2.05, 4.69) is 154 Å². The molecule has 0 spiro atoms. The highest BCUT2D eigenvalue weighted by Gasteiger charge is 2.29. The van der Waals surface area contributed by atoms with Gasteiger partial charge in [-0.25, -0.2) is 9.13 Å². The van der Waals surface area contributed by atoms with Crippen molar-refractivity contribution in [2.45, 2.75) is 347 Å². The molecule has 5 atom stereocenters. The summed E-state index contributed by atoms with van der Waals surface area (Å²) in [7, 11) is -9.81. The number of aliphatic hydroxyl groups excluding tert-OH is 2. The van der Waals surface area contributed by atoms with Crippen molar-refractivity contribution < 1.29 is 75.8 Å².